The maximum Gasteiger partial charge on any atom is 0.271 e. The standard InChI is InChI=1S/C17H23N5O5S3/c1-6-13(15(23)18-16-19-20-17(29-16)28-10(2)3)21(30(5,26)27)14-9-12(22(24)25)8-7-11(14)4/h7-10,13H,6H2,1-5H3,(H,18,19,23). The number of nitrogens with one attached hydrogen (secondary N) is 1. The van der Waals surface area contributed by atoms with Crippen molar-refractivity contribution in [2.24, 2.45) is 0 Å². The molecule has 0 saturated carbocycles. The summed E-state index contributed by atoms with van der Waals surface area (Å²) >= 11 is 2.69. The van der Waals surface area contributed by atoms with E-state index in [1.165, 1.54) is 35.2 Å². The van der Waals surface area contributed by atoms with Crippen LogP contribution in [0.4, 0.5) is 16.5 Å². The number of amides is 1. The lowest BCUT2D eigenvalue weighted by molar-refractivity contribution is -0.384. The highest BCUT2D eigenvalue weighted by atomic mass is 32.2. The predicted molar refractivity (Wildman–Crippen MR) is 119 cm³/mol. The van der Waals surface area contributed by atoms with E-state index >= 15 is 0 Å². The minimum Gasteiger partial charge on any atom is -0.299 e. The average molecular weight is 474 g/mol. The number of carbonyl (C=O) groups excluding carboxylic acids is 1. The van der Waals surface area contributed by atoms with Crippen molar-refractivity contribution in [2.75, 3.05) is 15.9 Å². The average Bonchev–Trinajstić information content (AvgIpc) is 3.05. The lowest BCUT2D eigenvalue weighted by atomic mass is 10.1. The molecule has 0 fully saturated rings. The first-order valence-corrected chi connectivity index (χ1v) is 12.5. The highest BCUT2D eigenvalue weighted by molar-refractivity contribution is 8.01. The molecule has 164 valence electrons. The number of hydrogen-bond acceptors (Lipinski definition) is 9. The van der Waals surface area contributed by atoms with Gasteiger partial charge in [0.25, 0.3) is 5.69 Å². The summed E-state index contributed by atoms with van der Waals surface area (Å²) in [6, 6.07) is 2.78. The third-order valence-electron chi connectivity index (χ3n) is 3.94. The summed E-state index contributed by atoms with van der Waals surface area (Å²) in [6.45, 7) is 7.29. The number of sulfonamides is 1. The molecule has 1 aromatic heterocycles. The van der Waals surface area contributed by atoms with Gasteiger partial charge in [-0.1, -0.05) is 49.9 Å². The van der Waals surface area contributed by atoms with Gasteiger partial charge in [-0.15, -0.1) is 10.2 Å². The Balaban J connectivity index is 2.40. The topological polar surface area (TPSA) is 135 Å². The zero-order valence-corrected chi connectivity index (χ0v) is 19.6. The minimum absolute atomic E-state index is 0.0852. The maximum absolute atomic E-state index is 12.9. The van der Waals surface area contributed by atoms with Crippen molar-refractivity contribution >= 4 is 55.5 Å². The van der Waals surface area contributed by atoms with Crippen LogP contribution in [-0.4, -0.2) is 47.0 Å². The van der Waals surface area contributed by atoms with Gasteiger partial charge in [0, 0.05) is 17.4 Å². The van der Waals surface area contributed by atoms with Crippen LogP contribution in [0.5, 0.6) is 0 Å². The van der Waals surface area contributed by atoms with Gasteiger partial charge in [0.15, 0.2) is 4.34 Å². The van der Waals surface area contributed by atoms with Crippen LogP contribution in [0.1, 0.15) is 32.8 Å². The molecule has 0 aliphatic heterocycles. The van der Waals surface area contributed by atoms with E-state index in [2.05, 4.69) is 15.5 Å². The number of carbonyl (C=O) groups is 1. The third-order valence-corrected chi connectivity index (χ3v) is 7.04. The Morgan fingerprint density at radius 2 is 2.03 bits per heavy atom. The van der Waals surface area contributed by atoms with Crippen LogP contribution in [0.25, 0.3) is 0 Å². The van der Waals surface area contributed by atoms with E-state index in [0.717, 1.165) is 16.6 Å². The van der Waals surface area contributed by atoms with Gasteiger partial charge in [0.1, 0.15) is 6.04 Å². The van der Waals surface area contributed by atoms with Gasteiger partial charge in [-0.05, 0) is 18.9 Å². The summed E-state index contributed by atoms with van der Waals surface area (Å²) in [4.78, 5) is 23.5. The van der Waals surface area contributed by atoms with Crippen LogP contribution in [0.3, 0.4) is 0 Å². The molecule has 1 unspecified atom stereocenters. The van der Waals surface area contributed by atoms with Crippen LogP contribution in [0.2, 0.25) is 0 Å². The largest absolute Gasteiger partial charge is 0.299 e. The molecule has 2 aromatic rings. The second-order valence-corrected chi connectivity index (χ2v) is 11.4. The number of thioether (sulfide) groups is 1. The fourth-order valence-electron chi connectivity index (χ4n) is 2.68. The molecule has 1 amide bonds. The number of non-ortho nitro benzene ring substituents is 1. The summed E-state index contributed by atoms with van der Waals surface area (Å²) in [5, 5.41) is 22.3. The first-order valence-electron chi connectivity index (χ1n) is 8.99. The molecule has 1 aromatic carbocycles. The van der Waals surface area contributed by atoms with Crippen molar-refractivity contribution in [1.29, 1.82) is 0 Å². The SMILES string of the molecule is CCC(C(=O)Nc1nnc(SC(C)C)s1)N(c1cc([N+](=O)[O-])ccc1C)S(C)(=O)=O. The van der Waals surface area contributed by atoms with Crippen LogP contribution in [0.15, 0.2) is 22.5 Å². The number of nitrogens with zero attached hydrogens (tertiary/aromatic N) is 4. The van der Waals surface area contributed by atoms with Crippen molar-refractivity contribution in [3.8, 4) is 0 Å². The predicted octanol–water partition coefficient (Wildman–Crippen LogP) is 3.44. The number of benzene rings is 1. The van der Waals surface area contributed by atoms with Gasteiger partial charge >= 0.3 is 0 Å². The lowest BCUT2D eigenvalue weighted by Crippen LogP contribution is -2.47. The summed E-state index contributed by atoms with van der Waals surface area (Å²) < 4.78 is 26.8. The van der Waals surface area contributed by atoms with E-state index in [4.69, 9.17) is 0 Å². The molecule has 0 aliphatic rings. The minimum atomic E-state index is -3.93. The van der Waals surface area contributed by atoms with Gasteiger partial charge in [0.2, 0.25) is 21.1 Å². The Bertz CT molecular complexity index is 1040. The highest BCUT2D eigenvalue weighted by Crippen LogP contribution is 2.32. The van der Waals surface area contributed by atoms with Gasteiger partial charge in [-0.25, -0.2) is 8.42 Å². The van der Waals surface area contributed by atoms with E-state index in [0.29, 0.717) is 15.2 Å². The van der Waals surface area contributed by atoms with E-state index in [9.17, 15) is 23.3 Å². The summed E-state index contributed by atoms with van der Waals surface area (Å²) in [7, 11) is -3.93. The molecule has 1 heterocycles. The second kappa shape index (κ2) is 9.71. The molecule has 0 radical (unpaired) electrons. The lowest BCUT2D eigenvalue weighted by Gasteiger charge is -2.30. The van der Waals surface area contributed by atoms with Crippen LogP contribution < -0.4 is 9.62 Å². The van der Waals surface area contributed by atoms with E-state index < -0.39 is 26.9 Å². The molecule has 13 heteroatoms. The zero-order valence-electron chi connectivity index (χ0n) is 17.1. The number of nitro groups is 1. The van der Waals surface area contributed by atoms with Crippen LogP contribution >= 0.6 is 23.1 Å². The van der Waals surface area contributed by atoms with Gasteiger partial charge in [-0.2, -0.15) is 0 Å². The Morgan fingerprint density at radius 3 is 2.57 bits per heavy atom. The van der Waals surface area contributed by atoms with E-state index in [1.54, 1.807) is 13.8 Å². The molecule has 10 nitrogen and oxygen atoms in total. The Kier molecular flexibility index (Phi) is 7.77. The number of rotatable bonds is 9. The van der Waals surface area contributed by atoms with E-state index in [1.807, 2.05) is 13.8 Å². The van der Waals surface area contributed by atoms with Crippen molar-refractivity contribution < 1.29 is 18.1 Å². The Morgan fingerprint density at radius 1 is 1.37 bits per heavy atom. The zero-order chi connectivity index (χ0) is 22.6. The smallest absolute Gasteiger partial charge is 0.271 e. The normalized spacial score (nSPS) is 12.6. The monoisotopic (exact) mass is 473 g/mol. The molecule has 1 atom stereocenters. The molecule has 30 heavy (non-hydrogen) atoms. The molecule has 0 saturated heterocycles. The van der Waals surface area contributed by atoms with Gasteiger partial charge in [0.05, 0.1) is 16.9 Å². The van der Waals surface area contributed by atoms with Crippen LogP contribution in [-0.2, 0) is 14.8 Å². The molecule has 0 bridgehead atoms. The molecule has 0 aliphatic carbocycles. The van der Waals surface area contributed by atoms with Gasteiger partial charge < -0.3 is 0 Å². The van der Waals surface area contributed by atoms with Gasteiger partial charge in [-0.3, -0.25) is 24.5 Å². The number of aryl methyl sites for hydroxylation is 1. The van der Waals surface area contributed by atoms with Crippen LogP contribution in [0, 0.1) is 17.0 Å². The maximum atomic E-state index is 12.9. The Labute approximate surface area is 183 Å². The molecule has 2 rings (SSSR count). The highest BCUT2D eigenvalue weighted by Gasteiger charge is 2.33. The van der Waals surface area contributed by atoms with Crippen molar-refractivity contribution in [3.05, 3.63) is 33.9 Å². The summed E-state index contributed by atoms with van der Waals surface area (Å²) in [6.07, 6.45) is 1.11. The van der Waals surface area contributed by atoms with Crippen molar-refractivity contribution in [2.45, 2.75) is 49.7 Å². The number of nitro benzene ring substituents is 1. The molecular weight excluding hydrogens is 450 g/mol. The fraction of sp³-hybridized carbons (Fsp3) is 0.471. The number of hydrogen-bond donors (Lipinski definition) is 1. The molecule has 1 N–H and O–H groups in total. The quantitative estimate of drug-likeness (QED) is 0.253. The number of aromatic nitrogens is 2. The molecule has 0 spiro atoms. The first-order chi connectivity index (χ1) is 13.9. The second-order valence-electron chi connectivity index (χ2n) is 6.74. The first kappa shape index (κ1) is 24.0. The third kappa shape index (κ3) is 5.89. The molecular formula is C17H23N5O5S3. The van der Waals surface area contributed by atoms with Crippen molar-refractivity contribution in [3.63, 3.8) is 0 Å². The van der Waals surface area contributed by atoms with Crippen molar-refractivity contribution in [1.82, 2.24) is 10.2 Å². The fourth-order valence-corrected chi connectivity index (χ4v) is 5.92. The summed E-state index contributed by atoms with van der Waals surface area (Å²) in [5.74, 6) is -0.592. The number of anilines is 2. The summed E-state index contributed by atoms with van der Waals surface area (Å²) in [5.41, 5.74) is 0.310. The Hall–Kier alpha value is -2.25. The van der Waals surface area contributed by atoms with E-state index in [-0.39, 0.29) is 22.9 Å².